The molecule has 0 fully saturated rings. The topological polar surface area (TPSA) is 62.5 Å². The van der Waals surface area contributed by atoms with E-state index < -0.39 is 5.97 Å². The Hall–Kier alpha value is -1.29. The lowest BCUT2D eigenvalue weighted by Crippen LogP contribution is -2.18. The van der Waals surface area contributed by atoms with Gasteiger partial charge in [0.05, 0.1) is 6.54 Å². The number of hydrogen-bond acceptors (Lipinski definition) is 3. The highest BCUT2D eigenvalue weighted by Crippen LogP contribution is 2.14. The van der Waals surface area contributed by atoms with Gasteiger partial charge in [0.1, 0.15) is 5.76 Å². The molecular formula is C11H17NO3. The lowest BCUT2D eigenvalue weighted by molar-refractivity contribution is 0.0659. The molecule has 2 N–H and O–H groups in total. The van der Waals surface area contributed by atoms with E-state index in [1.165, 1.54) is 0 Å². The van der Waals surface area contributed by atoms with Gasteiger partial charge in [-0.1, -0.05) is 13.8 Å². The number of hydrogen-bond donors (Lipinski definition) is 2. The minimum Gasteiger partial charge on any atom is -0.475 e. The molecule has 1 aromatic rings. The molecular weight excluding hydrogens is 194 g/mol. The van der Waals surface area contributed by atoms with Crippen LogP contribution in [0.1, 0.15) is 35.7 Å². The van der Waals surface area contributed by atoms with Gasteiger partial charge in [0, 0.05) is 5.56 Å². The van der Waals surface area contributed by atoms with Crippen molar-refractivity contribution in [2.24, 2.45) is 5.92 Å². The number of carboxylic acids is 1. The van der Waals surface area contributed by atoms with Crippen molar-refractivity contribution in [1.82, 2.24) is 5.32 Å². The quantitative estimate of drug-likeness (QED) is 0.782. The minimum absolute atomic E-state index is 0.0383. The van der Waals surface area contributed by atoms with Crippen molar-refractivity contribution in [2.45, 2.75) is 27.3 Å². The molecule has 4 heteroatoms. The van der Waals surface area contributed by atoms with E-state index in [-0.39, 0.29) is 5.76 Å². The van der Waals surface area contributed by atoms with E-state index in [1.54, 1.807) is 13.0 Å². The number of carboxylic acid groups (broad SMARTS) is 1. The van der Waals surface area contributed by atoms with Crippen LogP contribution < -0.4 is 5.32 Å². The Bertz CT molecular complexity index is 342. The molecule has 0 aromatic carbocycles. The fraction of sp³-hybridized carbons (Fsp3) is 0.545. The normalized spacial score (nSPS) is 10.9. The molecule has 0 radical (unpaired) electrons. The second-order valence-corrected chi connectivity index (χ2v) is 4.05. The molecule has 0 aliphatic heterocycles. The summed E-state index contributed by atoms with van der Waals surface area (Å²) >= 11 is 0. The molecule has 0 unspecified atom stereocenters. The molecule has 1 heterocycles. The lowest BCUT2D eigenvalue weighted by Gasteiger charge is -2.04. The fourth-order valence-corrected chi connectivity index (χ4v) is 1.33. The van der Waals surface area contributed by atoms with Crippen LogP contribution in [0.15, 0.2) is 10.5 Å². The average molecular weight is 211 g/mol. The van der Waals surface area contributed by atoms with E-state index >= 15 is 0 Å². The molecule has 0 saturated carbocycles. The molecule has 0 atom stereocenters. The van der Waals surface area contributed by atoms with Crippen LogP contribution in [-0.4, -0.2) is 17.6 Å². The van der Waals surface area contributed by atoms with E-state index in [0.29, 0.717) is 23.8 Å². The zero-order chi connectivity index (χ0) is 11.4. The number of rotatable bonds is 5. The minimum atomic E-state index is -1.01. The van der Waals surface area contributed by atoms with Gasteiger partial charge in [-0.2, -0.15) is 0 Å². The molecule has 0 aliphatic carbocycles. The van der Waals surface area contributed by atoms with Crippen LogP contribution in [0.25, 0.3) is 0 Å². The van der Waals surface area contributed by atoms with Gasteiger partial charge >= 0.3 is 5.97 Å². The average Bonchev–Trinajstić information content (AvgIpc) is 2.46. The van der Waals surface area contributed by atoms with E-state index in [4.69, 9.17) is 9.52 Å². The van der Waals surface area contributed by atoms with Crippen LogP contribution in [0.4, 0.5) is 0 Å². The standard InChI is InChI=1S/C11H17NO3/c1-7(2)5-12-6-9-4-8(3)10(15-9)11(13)14/h4,7,12H,5-6H2,1-3H3,(H,13,14). The van der Waals surface area contributed by atoms with Gasteiger partial charge in [-0.3, -0.25) is 0 Å². The van der Waals surface area contributed by atoms with Crippen molar-refractivity contribution in [1.29, 1.82) is 0 Å². The molecule has 84 valence electrons. The second-order valence-electron chi connectivity index (χ2n) is 4.05. The summed E-state index contributed by atoms with van der Waals surface area (Å²) in [6, 6.07) is 1.76. The third-order valence-electron chi connectivity index (χ3n) is 2.01. The first kappa shape index (κ1) is 11.8. The smallest absolute Gasteiger partial charge is 0.372 e. The van der Waals surface area contributed by atoms with E-state index in [9.17, 15) is 4.79 Å². The zero-order valence-corrected chi connectivity index (χ0v) is 9.33. The van der Waals surface area contributed by atoms with Crippen LogP contribution in [-0.2, 0) is 6.54 Å². The van der Waals surface area contributed by atoms with Gasteiger partial charge in [-0.05, 0) is 25.5 Å². The zero-order valence-electron chi connectivity index (χ0n) is 9.33. The van der Waals surface area contributed by atoms with Gasteiger partial charge in [0.15, 0.2) is 0 Å². The summed E-state index contributed by atoms with van der Waals surface area (Å²) in [5.41, 5.74) is 0.670. The molecule has 1 aromatic heterocycles. The van der Waals surface area contributed by atoms with Crippen molar-refractivity contribution in [3.8, 4) is 0 Å². The summed E-state index contributed by atoms with van der Waals surface area (Å²) in [4.78, 5) is 10.7. The predicted molar refractivity (Wildman–Crippen MR) is 56.9 cm³/mol. The highest BCUT2D eigenvalue weighted by Gasteiger charge is 2.13. The second kappa shape index (κ2) is 4.98. The summed E-state index contributed by atoms with van der Waals surface area (Å²) in [6.07, 6.45) is 0. The summed E-state index contributed by atoms with van der Waals surface area (Å²) in [5, 5.41) is 12.0. The Morgan fingerprint density at radius 3 is 2.73 bits per heavy atom. The van der Waals surface area contributed by atoms with Gasteiger partial charge in [0.2, 0.25) is 5.76 Å². The Balaban J connectivity index is 2.56. The van der Waals surface area contributed by atoms with Crippen molar-refractivity contribution in [3.05, 3.63) is 23.2 Å². The molecule has 4 nitrogen and oxygen atoms in total. The maximum Gasteiger partial charge on any atom is 0.372 e. The largest absolute Gasteiger partial charge is 0.475 e. The Morgan fingerprint density at radius 1 is 1.60 bits per heavy atom. The Morgan fingerprint density at radius 2 is 2.27 bits per heavy atom. The van der Waals surface area contributed by atoms with Crippen molar-refractivity contribution >= 4 is 5.97 Å². The Kier molecular flexibility index (Phi) is 3.91. The first-order chi connectivity index (χ1) is 7.00. The summed E-state index contributed by atoms with van der Waals surface area (Å²) < 4.78 is 5.20. The monoisotopic (exact) mass is 211 g/mol. The highest BCUT2D eigenvalue weighted by molar-refractivity contribution is 5.86. The molecule has 15 heavy (non-hydrogen) atoms. The molecule has 0 aliphatic rings. The summed E-state index contributed by atoms with van der Waals surface area (Å²) in [5.74, 6) is 0.268. The van der Waals surface area contributed by atoms with E-state index in [1.807, 2.05) is 0 Å². The van der Waals surface area contributed by atoms with Crippen LogP contribution in [0, 0.1) is 12.8 Å². The van der Waals surface area contributed by atoms with E-state index in [0.717, 1.165) is 6.54 Å². The third-order valence-corrected chi connectivity index (χ3v) is 2.01. The Labute approximate surface area is 89.3 Å². The van der Waals surface area contributed by atoms with Crippen molar-refractivity contribution in [2.75, 3.05) is 6.54 Å². The van der Waals surface area contributed by atoms with Crippen LogP contribution in [0.3, 0.4) is 0 Å². The molecule has 0 spiro atoms. The molecule has 0 saturated heterocycles. The maximum atomic E-state index is 10.7. The molecule has 1 rings (SSSR count). The van der Waals surface area contributed by atoms with E-state index in [2.05, 4.69) is 19.2 Å². The maximum absolute atomic E-state index is 10.7. The summed E-state index contributed by atoms with van der Waals surface area (Å²) in [7, 11) is 0. The van der Waals surface area contributed by atoms with Crippen LogP contribution in [0.5, 0.6) is 0 Å². The highest BCUT2D eigenvalue weighted by atomic mass is 16.4. The number of carbonyl (C=O) groups is 1. The number of aromatic carboxylic acids is 1. The van der Waals surface area contributed by atoms with Crippen molar-refractivity contribution < 1.29 is 14.3 Å². The molecule has 0 bridgehead atoms. The number of furan rings is 1. The summed E-state index contributed by atoms with van der Waals surface area (Å²) in [6.45, 7) is 7.43. The molecule has 0 amide bonds. The van der Waals surface area contributed by atoms with Gasteiger partial charge in [0.25, 0.3) is 0 Å². The van der Waals surface area contributed by atoms with Gasteiger partial charge < -0.3 is 14.8 Å². The van der Waals surface area contributed by atoms with Crippen molar-refractivity contribution in [3.63, 3.8) is 0 Å². The van der Waals surface area contributed by atoms with Crippen LogP contribution >= 0.6 is 0 Å². The number of aryl methyl sites for hydroxylation is 1. The number of nitrogens with one attached hydrogen (secondary N) is 1. The van der Waals surface area contributed by atoms with Gasteiger partial charge in [-0.15, -0.1) is 0 Å². The lowest BCUT2D eigenvalue weighted by atomic mass is 10.2. The SMILES string of the molecule is Cc1cc(CNCC(C)C)oc1C(=O)O. The van der Waals surface area contributed by atoms with Crippen LogP contribution in [0.2, 0.25) is 0 Å². The predicted octanol–water partition coefficient (Wildman–Crippen LogP) is 2.03. The first-order valence-electron chi connectivity index (χ1n) is 5.04. The third kappa shape index (κ3) is 3.40. The fourth-order valence-electron chi connectivity index (χ4n) is 1.33. The first-order valence-corrected chi connectivity index (χ1v) is 5.04. The van der Waals surface area contributed by atoms with Gasteiger partial charge in [-0.25, -0.2) is 4.79 Å².